The standard InChI is InChI=1S/C15H17ClN2O3/c16-12-6-9(4-5-11(12)14(17)19)18-7-8-2-1-3-10(8)13(18)15(20)21/h4-6,8,10,13H,1-3,7H2,(H2,17,19)(H,20,21). The van der Waals surface area contributed by atoms with Gasteiger partial charge in [0.1, 0.15) is 6.04 Å². The predicted octanol–water partition coefficient (Wildman–Crippen LogP) is 2.13. The lowest BCUT2D eigenvalue weighted by Crippen LogP contribution is -2.39. The van der Waals surface area contributed by atoms with E-state index in [9.17, 15) is 14.7 Å². The van der Waals surface area contributed by atoms with Gasteiger partial charge in [-0.1, -0.05) is 18.0 Å². The third kappa shape index (κ3) is 2.35. The molecule has 1 saturated carbocycles. The number of rotatable bonds is 3. The van der Waals surface area contributed by atoms with Crippen molar-refractivity contribution >= 4 is 29.2 Å². The Morgan fingerprint density at radius 1 is 1.33 bits per heavy atom. The first-order chi connectivity index (χ1) is 9.99. The number of benzene rings is 1. The lowest BCUT2D eigenvalue weighted by molar-refractivity contribution is -0.139. The number of carbonyl (C=O) groups excluding carboxylic acids is 1. The first kappa shape index (κ1) is 14.2. The predicted molar refractivity (Wildman–Crippen MR) is 79.6 cm³/mol. The Morgan fingerprint density at radius 3 is 2.71 bits per heavy atom. The first-order valence-electron chi connectivity index (χ1n) is 7.08. The summed E-state index contributed by atoms with van der Waals surface area (Å²) in [7, 11) is 0. The normalized spacial score (nSPS) is 27.7. The summed E-state index contributed by atoms with van der Waals surface area (Å²) in [5, 5.41) is 9.82. The Balaban J connectivity index is 1.94. The van der Waals surface area contributed by atoms with Crippen LogP contribution in [0, 0.1) is 11.8 Å². The second-order valence-electron chi connectivity index (χ2n) is 5.82. The molecule has 2 aliphatic rings. The molecule has 0 bridgehead atoms. The zero-order valence-electron chi connectivity index (χ0n) is 11.5. The maximum Gasteiger partial charge on any atom is 0.326 e. The van der Waals surface area contributed by atoms with Crippen molar-refractivity contribution in [2.75, 3.05) is 11.4 Å². The molecule has 1 aliphatic heterocycles. The average Bonchev–Trinajstić information content (AvgIpc) is 2.96. The van der Waals surface area contributed by atoms with Crippen LogP contribution < -0.4 is 10.6 Å². The number of hydrogen-bond acceptors (Lipinski definition) is 3. The van der Waals surface area contributed by atoms with Crippen LogP contribution in [0.4, 0.5) is 5.69 Å². The molecule has 3 rings (SSSR count). The third-order valence-electron chi connectivity index (χ3n) is 4.69. The van der Waals surface area contributed by atoms with E-state index >= 15 is 0 Å². The van der Waals surface area contributed by atoms with E-state index in [1.165, 1.54) is 0 Å². The molecule has 0 radical (unpaired) electrons. The molecule has 1 aromatic rings. The van der Waals surface area contributed by atoms with Gasteiger partial charge in [0.15, 0.2) is 0 Å². The lowest BCUT2D eigenvalue weighted by atomic mass is 9.94. The molecule has 112 valence electrons. The van der Waals surface area contributed by atoms with Crippen LogP contribution in [0.3, 0.4) is 0 Å². The van der Waals surface area contributed by atoms with E-state index in [0.29, 0.717) is 5.92 Å². The molecular weight excluding hydrogens is 292 g/mol. The van der Waals surface area contributed by atoms with E-state index in [1.807, 2.05) is 4.90 Å². The fourth-order valence-electron chi connectivity index (χ4n) is 3.77. The smallest absolute Gasteiger partial charge is 0.326 e. The van der Waals surface area contributed by atoms with E-state index < -0.39 is 17.9 Å². The summed E-state index contributed by atoms with van der Waals surface area (Å²) >= 11 is 6.08. The van der Waals surface area contributed by atoms with Gasteiger partial charge < -0.3 is 15.7 Å². The van der Waals surface area contributed by atoms with Crippen LogP contribution in [-0.2, 0) is 4.79 Å². The Labute approximate surface area is 127 Å². The Kier molecular flexibility index (Phi) is 3.53. The van der Waals surface area contributed by atoms with Gasteiger partial charge in [-0.25, -0.2) is 4.79 Å². The number of amides is 1. The number of nitrogens with two attached hydrogens (primary N) is 1. The van der Waals surface area contributed by atoms with Gasteiger partial charge in [0, 0.05) is 12.2 Å². The molecule has 3 atom stereocenters. The highest BCUT2D eigenvalue weighted by Crippen LogP contribution is 2.44. The molecule has 0 spiro atoms. The maximum absolute atomic E-state index is 11.6. The van der Waals surface area contributed by atoms with Crippen LogP contribution in [0.1, 0.15) is 29.6 Å². The van der Waals surface area contributed by atoms with E-state index in [2.05, 4.69) is 0 Å². The molecule has 21 heavy (non-hydrogen) atoms. The fraction of sp³-hybridized carbons (Fsp3) is 0.467. The summed E-state index contributed by atoms with van der Waals surface area (Å²) in [4.78, 5) is 24.8. The van der Waals surface area contributed by atoms with Gasteiger partial charge in [0.25, 0.3) is 0 Å². The Bertz CT molecular complexity index is 605. The monoisotopic (exact) mass is 308 g/mol. The molecule has 1 aromatic carbocycles. The third-order valence-corrected chi connectivity index (χ3v) is 5.01. The Morgan fingerprint density at radius 2 is 2.10 bits per heavy atom. The highest BCUT2D eigenvalue weighted by molar-refractivity contribution is 6.34. The van der Waals surface area contributed by atoms with Crippen LogP contribution in [0.15, 0.2) is 18.2 Å². The van der Waals surface area contributed by atoms with E-state index in [0.717, 1.165) is 31.5 Å². The van der Waals surface area contributed by atoms with Gasteiger partial charge in [-0.2, -0.15) is 0 Å². The highest BCUT2D eigenvalue weighted by atomic mass is 35.5. The zero-order valence-corrected chi connectivity index (χ0v) is 12.2. The maximum atomic E-state index is 11.6. The van der Waals surface area contributed by atoms with Crippen molar-refractivity contribution in [3.05, 3.63) is 28.8 Å². The molecule has 2 fully saturated rings. The summed E-state index contributed by atoms with van der Waals surface area (Å²) in [6.07, 6.45) is 3.15. The molecule has 3 unspecified atom stereocenters. The van der Waals surface area contributed by atoms with Crippen molar-refractivity contribution in [2.45, 2.75) is 25.3 Å². The minimum absolute atomic E-state index is 0.206. The van der Waals surface area contributed by atoms with Gasteiger partial charge in [-0.3, -0.25) is 4.79 Å². The van der Waals surface area contributed by atoms with Crippen LogP contribution in [0.5, 0.6) is 0 Å². The number of aliphatic carboxylic acids is 1. The lowest BCUT2D eigenvalue weighted by Gasteiger charge is -2.26. The molecule has 6 heteroatoms. The molecule has 0 aromatic heterocycles. The number of anilines is 1. The number of carboxylic acid groups (broad SMARTS) is 1. The number of nitrogens with zero attached hydrogens (tertiary/aromatic N) is 1. The number of primary amides is 1. The van der Waals surface area contributed by atoms with Crippen LogP contribution >= 0.6 is 11.6 Å². The summed E-state index contributed by atoms with van der Waals surface area (Å²) in [5.74, 6) is -0.739. The van der Waals surface area contributed by atoms with Gasteiger partial charge in [0.2, 0.25) is 5.91 Å². The fourth-order valence-corrected chi connectivity index (χ4v) is 4.04. The molecule has 1 heterocycles. The molecular formula is C15H17ClN2O3. The number of carboxylic acids is 1. The van der Waals surface area contributed by atoms with Gasteiger partial charge in [0.05, 0.1) is 10.6 Å². The second kappa shape index (κ2) is 5.22. The summed E-state index contributed by atoms with van der Waals surface area (Å²) in [6, 6.07) is 4.42. The number of hydrogen-bond donors (Lipinski definition) is 2. The molecule has 1 saturated heterocycles. The van der Waals surface area contributed by atoms with Crippen molar-refractivity contribution in [3.8, 4) is 0 Å². The minimum Gasteiger partial charge on any atom is -0.480 e. The molecule has 5 nitrogen and oxygen atoms in total. The second-order valence-corrected chi connectivity index (χ2v) is 6.23. The SMILES string of the molecule is NC(=O)c1ccc(N2CC3CCCC3C2C(=O)O)cc1Cl. The van der Waals surface area contributed by atoms with Crippen LogP contribution in [0.2, 0.25) is 5.02 Å². The molecule has 1 amide bonds. The molecule has 3 N–H and O–H groups in total. The number of halogens is 1. The summed E-state index contributed by atoms with van der Waals surface area (Å²) in [6.45, 7) is 0.730. The van der Waals surface area contributed by atoms with Crippen molar-refractivity contribution in [3.63, 3.8) is 0 Å². The Hall–Kier alpha value is -1.75. The van der Waals surface area contributed by atoms with Crippen LogP contribution in [0.25, 0.3) is 0 Å². The van der Waals surface area contributed by atoms with E-state index in [-0.39, 0.29) is 16.5 Å². The number of fused-ring (bicyclic) bond motifs is 1. The van der Waals surface area contributed by atoms with Crippen LogP contribution in [-0.4, -0.2) is 29.6 Å². The van der Waals surface area contributed by atoms with Gasteiger partial charge >= 0.3 is 5.97 Å². The van der Waals surface area contributed by atoms with Crippen molar-refractivity contribution < 1.29 is 14.7 Å². The minimum atomic E-state index is -0.792. The average molecular weight is 309 g/mol. The summed E-state index contributed by atoms with van der Waals surface area (Å²) < 4.78 is 0. The van der Waals surface area contributed by atoms with Gasteiger partial charge in [-0.05, 0) is 42.9 Å². The van der Waals surface area contributed by atoms with Crippen molar-refractivity contribution in [1.82, 2.24) is 0 Å². The highest BCUT2D eigenvalue weighted by Gasteiger charge is 2.47. The largest absolute Gasteiger partial charge is 0.480 e. The quantitative estimate of drug-likeness (QED) is 0.896. The first-order valence-corrected chi connectivity index (χ1v) is 7.45. The van der Waals surface area contributed by atoms with Crippen molar-refractivity contribution in [1.29, 1.82) is 0 Å². The zero-order chi connectivity index (χ0) is 15.1. The number of carbonyl (C=O) groups is 2. The van der Waals surface area contributed by atoms with E-state index in [1.54, 1.807) is 18.2 Å². The van der Waals surface area contributed by atoms with E-state index in [4.69, 9.17) is 17.3 Å². The van der Waals surface area contributed by atoms with Crippen molar-refractivity contribution in [2.24, 2.45) is 17.6 Å². The summed E-state index contributed by atoms with van der Waals surface area (Å²) in [5.41, 5.74) is 6.24. The molecule has 1 aliphatic carbocycles. The van der Waals surface area contributed by atoms with Gasteiger partial charge in [-0.15, -0.1) is 0 Å². The topological polar surface area (TPSA) is 83.6 Å².